The van der Waals surface area contributed by atoms with Crippen LogP contribution in [0.1, 0.15) is 0 Å². The molecule has 0 amide bonds. The number of hydrogen-bond donors (Lipinski definition) is 1. The van der Waals surface area contributed by atoms with E-state index in [4.69, 9.17) is 0 Å². The summed E-state index contributed by atoms with van der Waals surface area (Å²) in [4.78, 5) is 0. The van der Waals surface area contributed by atoms with Crippen LogP contribution in [0.3, 0.4) is 0 Å². The van der Waals surface area contributed by atoms with Crippen LogP contribution in [0.15, 0.2) is 66.7 Å². The van der Waals surface area contributed by atoms with Crippen molar-refractivity contribution in [2.45, 2.75) is 0 Å². The van der Waals surface area contributed by atoms with Crippen molar-refractivity contribution in [2.75, 3.05) is 0 Å². The van der Waals surface area contributed by atoms with Gasteiger partial charge in [-0.1, -0.05) is 36.4 Å². The van der Waals surface area contributed by atoms with E-state index in [-0.39, 0.29) is 0 Å². The second-order valence-electron chi connectivity index (χ2n) is 5.64. The Morgan fingerprint density at radius 1 is 0.591 bits per heavy atom. The lowest BCUT2D eigenvalue weighted by atomic mass is 10.00. The minimum absolute atomic E-state index is 0.315. The zero-order chi connectivity index (χ0) is 14.7. The van der Waals surface area contributed by atoms with Gasteiger partial charge in [-0.25, -0.2) is 0 Å². The van der Waals surface area contributed by atoms with E-state index in [0.717, 1.165) is 5.39 Å². The molecule has 0 aliphatic carbocycles. The first-order valence-electron chi connectivity index (χ1n) is 7.26. The first kappa shape index (κ1) is 12.0. The van der Waals surface area contributed by atoms with Crippen LogP contribution in [0.4, 0.5) is 0 Å². The highest BCUT2D eigenvalue weighted by molar-refractivity contribution is 7.25. The average molecular weight is 300 g/mol. The quantitative estimate of drug-likeness (QED) is 0.344. The molecule has 0 fully saturated rings. The molecule has 0 saturated carbocycles. The highest BCUT2D eigenvalue weighted by Crippen LogP contribution is 2.38. The molecule has 0 radical (unpaired) electrons. The standard InChI is InChI=1S/C20H12OS/c21-14-7-8-15-12(9-14)5-6-13-10-18-16-3-1-2-4-19(16)22-20(18)11-17(13)15/h1-11,21H. The third-order valence-electron chi connectivity index (χ3n) is 4.32. The van der Waals surface area contributed by atoms with Crippen LogP contribution in [0.5, 0.6) is 5.75 Å². The number of thiophene rings is 1. The SMILES string of the molecule is Oc1ccc2c(ccc3cc4c(cc32)sc2ccccc24)c1. The molecule has 5 rings (SSSR count). The number of phenolic OH excluding ortho intramolecular Hbond substituents is 1. The molecule has 0 bridgehead atoms. The van der Waals surface area contributed by atoms with Crippen molar-refractivity contribution in [1.29, 1.82) is 0 Å². The summed E-state index contributed by atoms with van der Waals surface area (Å²) in [5.41, 5.74) is 0. The Morgan fingerprint density at radius 3 is 2.32 bits per heavy atom. The van der Waals surface area contributed by atoms with Gasteiger partial charge in [-0.05, 0) is 51.9 Å². The zero-order valence-electron chi connectivity index (χ0n) is 11.7. The highest BCUT2D eigenvalue weighted by atomic mass is 32.1. The maximum atomic E-state index is 9.67. The van der Waals surface area contributed by atoms with Crippen molar-refractivity contribution >= 4 is 53.1 Å². The van der Waals surface area contributed by atoms with Gasteiger partial charge in [-0.2, -0.15) is 0 Å². The van der Waals surface area contributed by atoms with E-state index < -0.39 is 0 Å². The van der Waals surface area contributed by atoms with Crippen LogP contribution in [0.2, 0.25) is 0 Å². The zero-order valence-corrected chi connectivity index (χ0v) is 12.5. The van der Waals surface area contributed by atoms with Crippen LogP contribution >= 0.6 is 11.3 Å². The summed E-state index contributed by atoms with van der Waals surface area (Å²) in [5.74, 6) is 0.315. The Balaban J connectivity index is 2.00. The first-order valence-corrected chi connectivity index (χ1v) is 8.08. The predicted molar refractivity (Wildman–Crippen MR) is 96.0 cm³/mol. The summed E-state index contributed by atoms with van der Waals surface area (Å²) in [6.07, 6.45) is 0. The topological polar surface area (TPSA) is 20.2 Å². The molecule has 0 aliphatic rings. The molecule has 4 aromatic carbocycles. The third kappa shape index (κ3) is 1.59. The second kappa shape index (κ2) is 4.21. The maximum absolute atomic E-state index is 9.67. The Bertz CT molecular complexity index is 1180. The molecule has 22 heavy (non-hydrogen) atoms. The van der Waals surface area contributed by atoms with E-state index in [0.29, 0.717) is 5.75 Å². The fourth-order valence-electron chi connectivity index (χ4n) is 3.27. The molecular formula is C20H12OS. The molecule has 0 unspecified atom stereocenters. The van der Waals surface area contributed by atoms with Gasteiger partial charge < -0.3 is 5.11 Å². The lowest BCUT2D eigenvalue weighted by Gasteiger charge is -2.05. The van der Waals surface area contributed by atoms with Crippen molar-refractivity contribution in [3.05, 3.63) is 66.7 Å². The van der Waals surface area contributed by atoms with Crippen LogP contribution < -0.4 is 0 Å². The van der Waals surface area contributed by atoms with E-state index in [1.165, 1.54) is 36.3 Å². The van der Waals surface area contributed by atoms with E-state index >= 15 is 0 Å². The monoisotopic (exact) mass is 300 g/mol. The van der Waals surface area contributed by atoms with Crippen molar-refractivity contribution in [3.63, 3.8) is 0 Å². The molecule has 0 aliphatic heterocycles. The second-order valence-corrected chi connectivity index (χ2v) is 6.72. The molecule has 104 valence electrons. The smallest absolute Gasteiger partial charge is 0.116 e. The minimum Gasteiger partial charge on any atom is -0.508 e. The molecule has 1 heterocycles. The van der Waals surface area contributed by atoms with Crippen LogP contribution in [-0.2, 0) is 0 Å². The number of benzene rings is 4. The first-order chi connectivity index (χ1) is 10.8. The number of phenols is 1. The van der Waals surface area contributed by atoms with Crippen molar-refractivity contribution in [3.8, 4) is 5.75 Å². The van der Waals surface area contributed by atoms with Crippen molar-refractivity contribution in [2.24, 2.45) is 0 Å². The molecule has 1 aromatic heterocycles. The maximum Gasteiger partial charge on any atom is 0.116 e. The van der Waals surface area contributed by atoms with Gasteiger partial charge in [0.2, 0.25) is 0 Å². The summed E-state index contributed by atoms with van der Waals surface area (Å²) >= 11 is 1.84. The Hall–Kier alpha value is -2.58. The molecule has 5 aromatic rings. The summed E-state index contributed by atoms with van der Waals surface area (Å²) in [6.45, 7) is 0. The summed E-state index contributed by atoms with van der Waals surface area (Å²) in [7, 11) is 0. The van der Waals surface area contributed by atoms with E-state index in [2.05, 4.69) is 48.5 Å². The lowest BCUT2D eigenvalue weighted by Crippen LogP contribution is -1.78. The summed E-state index contributed by atoms with van der Waals surface area (Å²) in [5, 5.41) is 17.1. The van der Waals surface area contributed by atoms with Crippen LogP contribution in [0, 0.1) is 0 Å². The largest absolute Gasteiger partial charge is 0.508 e. The molecule has 0 atom stereocenters. The molecular weight excluding hydrogens is 288 g/mol. The van der Waals surface area contributed by atoms with Crippen molar-refractivity contribution in [1.82, 2.24) is 0 Å². The fourth-order valence-corrected chi connectivity index (χ4v) is 4.40. The normalized spacial score (nSPS) is 11.8. The minimum atomic E-state index is 0.315. The fraction of sp³-hybridized carbons (Fsp3) is 0. The van der Waals surface area contributed by atoms with Gasteiger partial charge in [0.25, 0.3) is 0 Å². The summed E-state index contributed by atoms with van der Waals surface area (Å²) < 4.78 is 2.64. The molecule has 1 N–H and O–H groups in total. The van der Waals surface area contributed by atoms with Gasteiger partial charge in [0, 0.05) is 20.2 Å². The van der Waals surface area contributed by atoms with E-state index in [1.54, 1.807) is 6.07 Å². The van der Waals surface area contributed by atoms with Crippen LogP contribution in [-0.4, -0.2) is 5.11 Å². The van der Waals surface area contributed by atoms with Gasteiger partial charge in [0.05, 0.1) is 0 Å². The molecule has 0 saturated heterocycles. The summed E-state index contributed by atoms with van der Waals surface area (Å²) in [6, 6.07) is 23.0. The molecule has 2 heteroatoms. The highest BCUT2D eigenvalue weighted by Gasteiger charge is 2.08. The van der Waals surface area contributed by atoms with Gasteiger partial charge >= 0.3 is 0 Å². The molecule has 1 nitrogen and oxygen atoms in total. The van der Waals surface area contributed by atoms with E-state index in [9.17, 15) is 5.11 Å². The van der Waals surface area contributed by atoms with Gasteiger partial charge in [-0.15, -0.1) is 11.3 Å². The van der Waals surface area contributed by atoms with Gasteiger partial charge in [-0.3, -0.25) is 0 Å². The Morgan fingerprint density at radius 2 is 1.41 bits per heavy atom. The van der Waals surface area contributed by atoms with Crippen molar-refractivity contribution < 1.29 is 5.11 Å². The van der Waals surface area contributed by atoms with Gasteiger partial charge in [0.1, 0.15) is 5.75 Å². The molecule has 0 spiro atoms. The van der Waals surface area contributed by atoms with Crippen LogP contribution in [0.25, 0.3) is 41.7 Å². The number of rotatable bonds is 0. The Kier molecular flexibility index (Phi) is 2.30. The average Bonchev–Trinajstić information content (AvgIpc) is 2.90. The third-order valence-corrected chi connectivity index (χ3v) is 5.45. The van der Waals surface area contributed by atoms with E-state index in [1.807, 2.05) is 23.5 Å². The number of aromatic hydroxyl groups is 1. The van der Waals surface area contributed by atoms with Gasteiger partial charge in [0.15, 0.2) is 0 Å². The Labute approximate surface area is 131 Å². The predicted octanol–water partition coefficient (Wildman–Crippen LogP) is 6.07. The number of hydrogen-bond acceptors (Lipinski definition) is 2. The number of fused-ring (bicyclic) bond motifs is 6. The lowest BCUT2D eigenvalue weighted by molar-refractivity contribution is 0.476.